The van der Waals surface area contributed by atoms with E-state index < -0.39 is 11.9 Å². The lowest BCUT2D eigenvalue weighted by atomic mass is 10.1. The quantitative estimate of drug-likeness (QED) is 0.747. The number of rotatable bonds is 6. The highest BCUT2D eigenvalue weighted by atomic mass is 16.5. The van der Waals surface area contributed by atoms with Gasteiger partial charge in [-0.1, -0.05) is 12.1 Å². The second-order valence-corrected chi connectivity index (χ2v) is 4.32. The smallest absolute Gasteiger partial charge is 0.240 e. The van der Waals surface area contributed by atoms with Gasteiger partial charge < -0.3 is 21.1 Å². The molecular formula is C13H19N3O3. The largest absolute Gasteiger partial charge is 0.497 e. The van der Waals surface area contributed by atoms with Crippen LogP contribution >= 0.6 is 0 Å². The van der Waals surface area contributed by atoms with Crippen LogP contribution in [0.15, 0.2) is 24.3 Å². The molecule has 0 fully saturated rings. The second kappa shape index (κ2) is 6.75. The average molecular weight is 265 g/mol. The third-order valence-electron chi connectivity index (χ3n) is 2.67. The Morgan fingerprint density at radius 2 is 2.11 bits per heavy atom. The van der Waals surface area contributed by atoms with Gasteiger partial charge in [-0.3, -0.25) is 9.59 Å². The van der Waals surface area contributed by atoms with Crippen LogP contribution in [0.4, 0.5) is 0 Å². The average Bonchev–Trinajstić information content (AvgIpc) is 2.37. The summed E-state index contributed by atoms with van der Waals surface area (Å²) in [5, 5.41) is 0. The Balaban J connectivity index is 2.65. The number of carbonyl (C=O) groups excluding carboxylic acids is 2. The number of benzene rings is 1. The molecule has 0 saturated heterocycles. The Morgan fingerprint density at radius 3 is 2.68 bits per heavy atom. The molecule has 104 valence electrons. The van der Waals surface area contributed by atoms with E-state index in [1.165, 1.54) is 4.90 Å². The zero-order chi connectivity index (χ0) is 14.4. The van der Waals surface area contributed by atoms with Gasteiger partial charge in [0, 0.05) is 13.6 Å². The van der Waals surface area contributed by atoms with Crippen molar-refractivity contribution in [2.75, 3.05) is 14.2 Å². The number of hydrogen-bond acceptors (Lipinski definition) is 4. The number of amides is 2. The summed E-state index contributed by atoms with van der Waals surface area (Å²) in [6, 6.07) is 6.49. The first-order valence-electron chi connectivity index (χ1n) is 5.86. The van der Waals surface area contributed by atoms with Crippen molar-refractivity contribution in [1.29, 1.82) is 0 Å². The van der Waals surface area contributed by atoms with Gasteiger partial charge in [0.15, 0.2) is 0 Å². The van der Waals surface area contributed by atoms with Gasteiger partial charge in [-0.25, -0.2) is 0 Å². The fraction of sp³-hybridized carbons (Fsp3) is 0.385. The molecule has 0 radical (unpaired) electrons. The number of likely N-dealkylation sites (N-methyl/N-ethyl adjacent to an activating group) is 1. The molecule has 0 heterocycles. The van der Waals surface area contributed by atoms with Gasteiger partial charge in [0.25, 0.3) is 0 Å². The molecule has 1 atom stereocenters. The number of ether oxygens (including phenoxy) is 1. The summed E-state index contributed by atoms with van der Waals surface area (Å²) in [6.07, 6.45) is -0.152. The fourth-order valence-corrected chi connectivity index (χ4v) is 1.71. The monoisotopic (exact) mass is 265 g/mol. The topological polar surface area (TPSA) is 98.7 Å². The van der Waals surface area contributed by atoms with E-state index >= 15 is 0 Å². The Morgan fingerprint density at radius 1 is 1.42 bits per heavy atom. The number of nitrogens with zero attached hydrogens (tertiary/aromatic N) is 1. The second-order valence-electron chi connectivity index (χ2n) is 4.32. The predicted molar refractivity (Wildman–Crippen MR) is 71.3 cm³/mol. The van der Waals surface area contributed by atoms with Crippen molar-refractivity contribution in [3.63, 3.8) is 0 Å². The number of hydrogen-bond donors (Lipinski definition) is 2. The van der Waals surface area contributed by atoms with E-state index in [1.807, 2.05) is 24.3 Å². The van der Waals surface area contributed by atoms with Crippen molar-refractivity contribution in [2.45, 2.75) is 19.0 Å². The summed E-state index contributed by atoms with van der Waals surface area (Å²) >= 11 is 0. The molecule has 0 saturated carbocycles. The van der Waals surface area contributed by atoms with Crippen LogP contribution in [0, 0.1) is 0 Å². The lowest BCUT2D eigenvalue weighted by molar-refractivity contribution is -0.133. The minimum absolute atomic E-state index is 0.152. The molecule has 1 aromatic rings. The maximum Gasteiger partial charge on any atom is 0.240 e. The van der Waals surface area contributed by atoms with Gasteiger partial charge in [0.2, 0.25) is 11.8 Å². The van der Waals surface area contributed by atoms with Crippen LogP contribution < -0.4 is 16.2 Å². The predicted octanol–water partition coefficient (Wildman–Crippen LogP) is -0.144. The van der Waals surface area contributed by atoms with Gasteiger partial charge in [-0.05, 0) is 17.7 Å². The van der Waals surface area contributed by atoms with Crippen molar-refractivity contribution in [1.82, 2.24) is 4.90 Å². The SMILES string of the molecule is COc1cccc(CN(C)C(=O)C(N)CC(N)=O)c1. The van der Waals surface area contributed by atoms with Crippen LogP contribution in [0.25, 0.3) is 0 Å². The number of primary amides is 1. The minimum Gasteiger partial charge on any atom is -0.497 e. The molecule has 2 amide bonds. The molecule has 0 aliphatic carbocycles. The molecule has 1 rings (SSSR count). The van der Waals surface area contributed by atoms with Gasteiger partial charge in [0.05, 0.1) is 19.6 Å². The van der Waals surface area contributed by atoms with Crippen LogP contribution in [0.3, 0.4) is 0 Å². The van der Waals surface area contributed by atoms with Gasteiger partial charge in [-0.15, -0.1) is 0 Å². The van der Waals surface area contributed by atoms with Crippen LogP contribution in [0.2, 0.25) is 0 Å². The fourth-order valence-electron chi connectivity index (χ4n) is 1.71. The molecule has 4 N–H and O–H groups in total. The third kappa shape index (κ3) is 4.59. The van der Waals surface area contributed by atoms with Crippen molar-refractivity contribution in [3.8, 4) is 5.75 Å². The summed E-state index contributed by atoms with van der Waals surface area (Å²) in [5.74, 6) is -0.183. The molecule has 6 nitrogen and oxygen atoms in total. The third-order valence-corrected chi connectivity index (χ3v) is 2.67. The van der Waals surface area contributed by atoms with E-state index in [-0.39, 0.29) is 12.3 Å². The Hall–Kier alpha value is -2.08. The van der Waals surface area contributed by atoms with E-state index in [2.05, 4.69) is 0 Å². The van der Waals surface area contributed by atoms with Crippen molar-refractivity contribution in [3.05, 3.63) is 29.8 Å². The van der Waals surface area contributed by atoms with Gasteiger partial charge >= 0.3 is 0 Å². The van der Waals surface area contributed by atoms with Gasteiger partial charge in [-0.2, -0.15) is 0 Å². The summed E-state index contributed by atoms with van der Waals surface area (Å²) in [4.78, 5) is 24.1. The van der Waals surface area contributed by atoms with E-state index in [4.69, 9.17) is 16.2 Å². The first kappa shape index (κ1) is 15.0. The first-order valence-corrected chi connectivity index (χ1v) is 5.86. The number of carbonyl (C=O) groups is 2. The molecule has 6 heteroatoms. The summed E-state index contributed by atoms with van der Waals surface area (Å²) in [7, 11) is 3.21. The van der Waals surface area contributed by atoms with Crippen LogP contribution in [0.5, 0.6) is 5.75 Å². The molecular weight excluding hydrogens is 246 g/mol. The molecule has 19 heavy (non-hydrogen) atoms. The lowest BCUT2D eigenvalue weighted by Crippen LogP contribution is -2.43. The normalized spacial score (nSPS) is 11.7. The first-order chi connectivity index (χ1) is 8.93. The van der Waals surface area contributed by atoms with E-state index in [0.29, 0.717) is 6.54 Å². The Kier molecular flexibility index (Phi) is 5.32. The molecule has 0 aromatic heterocycles. The lowest BCUT2D eigenvalue weighted by Gasteiger charge is -2.21. The standard InChI is InChI=1S/C13H19N3O3/c1-16(13(18)11(14)7-12(15)17)8-9-4-3-5-10(6-9)19-2/h3-6,11H,7-8,14H2,1-2H3,(H2,15,17). The van der Waals surface area contributed by atoms with Crippen molar-refractivity contribution in [2.24, 2.45) is 11.5 Å². The molecule has 0 aliphatic heterocycles. The molecule has 0 aliphatic rings. The summed E-state index contributed by atoms with van der Waals surface area (Å²) in [6.45, 7) is 0.391. The maximum absolute atomic E-state index is 11.9. The minimum atomic E-state index is -0.895. The zero-order valence-electron chi connectivity index (χ0n) is 11.1. The van der Waals surface area contributed by atoms with Crippen molar-refractivity contribution >= 4 is 11.8 Å². The molecule has 0 bridgehead atoms. The van der Waals surface area contributed by atoms with Crippen LogP contribution in [-0.4, -0.2) is 36.9 Å². The summed E-state index contributed by atoms with van der Waals surface area (Å²) < 4.78 is 5.11. The van der Waals surface area contributed by atoms with Crippen LogP contribution in [-0.2, 0) is 16.1 Å². The van der Waals surface area contributed by atoms with Crippen LogP contribution in [0.1, 0.15) is 12.0 Å². The van der Waals surface area contributed by atoms with E-state index in [1.54, 1.807) is 14.2 Å². The summed E-state index contributed by atoms with van der Waals surface area (Å²) in [5.41, 5.74) is 11.5. The Bertz CT molecular complexity index is 462. The number of methoxy groups -OCH3 is 1. The highest BCUT2D eigenvalue weighted by Gasteiger charge is 2.20. The maximum atomic E-state index is 11.9. The number of nitrogens with two attached hydrogens (primary N) is 2. The van der Waals surface area contributed by atoms with Crippen molar-refractivity contribution < 1.29 is 14.3 Å². The molecule has 0 spiro atoms. The highest BCUT2D eigenvalue weighted by Crippen LogP contribution is 2.14. The molecule has 1 unspecified atom stereocenters. The van der Waals surface area contributed by atoms with Gasteiger partial charge in [0.1, 0.15) is 5.75 Å². The Labute approximate surface area is 112 Å². The van der Waals surface area contributed by atoms with E-state index in [9.17, 15) is 9.59 Å². The van der Waals surface area contributed by atoms with E-state index in [0.717, 1.165) is 11.3 Å². The highest BCUT2D eigenvalue weighted by molar-refractivity contribution is 5.87. The molecule has 1 aromatic carbocycles. The zero-order valence-corrected chi connectivity index (χ0v) is 11.1.